The van der Waals surface area contributed by atoms with Gasteiger partial charge in [-0.3, -0.25) is 5.10 Å². The van der Waals surface area contributed by atoms with Crippen molar-refractivity contribution in [3.63, 3.8) is 0 Å². The van der Waals surface area contributed by atoms with Crippen LogP contribution in [0.4, 0.5) is 11.5 Å². The first-order chi connectivity index (χ1) is 8.25. The molecule has 0 saturated heterocycles. The first kappa shape index (κ1) is 9.89. The van der Waals surface area contributed by atoms with Crippen molar-refractivity contribution in [3.05, 3.63) is 41.6 Å². The third-order valence-electron chi connectivity index (χ3n) is 2.82. The monoisotopic (exact) mass is 227 g/mol. The molecule has 17 heavy (non-hydrogen) atoms. The molecule has 0 atom stereocenters. The van der Waals surface area contributed by atoms with Crippen molar-refractivity contribution in [1.29, 1.82) is 0 Å². The molecule has 0 bridgehead atoms. The molecule has 0 radical (unpaired) electrons. The lowest BCUT2D eigenvalue weighted by Gasteiger charge is -2.26. The SMILES string of the molecule is Cc1cc(N2CN=C(N)c3ccccc32)n[nH]1. The molecule has 86 valence electrons. The van der Waals surface area contributed by atoms with Crippen molar-refractivity contribution in [3.8, 4) is 0 Å². The Morgan fingerprint density at radius 3 is 2.94 bits per heavy atom. The van der Waals surface area contributed by atoms with Gasteiger partial charge in [0, 0.05) is 17.3 Å². The van der Waals surface area contributed by atoms with Crippen LogP contribution in [0.2, 0.25) is 0 Å². The fraction of sp³-hybridized carbons (Fsp3) is 0.167. The van der Waals surface area contributed by atoms with Gasteiger partial charge in [0.2, 0.25) is 0 Å². The largest absolute Gasteiger partial charge is 0.383 e. The minimum absolute atomic E-state index is 0.507. The molecule has 0 unspecified atom stereocenters. The number of hydrogen-bond donors (Lipinski definition) is 2. The first-order valence-corrected chi connectivity index (χ1v) is 5.44. The molecule has 2 aromatic rings. The molecule has 0 spiro atoms. The van der Waals surface area contributed by atoms with Crippen molar-refractivity contribution in [2.24, 2.45) is 10.7 Å². The number of anilines is 2. The maximum absolute atomic E-state index is 5.89. The van der Waals surface area contributed by atoms with Gasteiger partial charge in [-0.15, -0.1) is 0 Å². The van der Waals surface area contributed by atoms with E-state index in [1.165, 1.54) is 0 Å². The van der Waals surface area contributed by atoms with Crippen molar-refractivity contribution in [2.75, 3.05) is 11.6 Å². The van der Waals surface area contributed by atoms with Gasteiger partial charge in [0.25, 0.3) is 0 Å². The van der Waals surface area contributed by atoms with Crippen LogP contribution in [0.3, 0.4) is 0 Å². The lowest BCUT2D eigenvalue weighted by molar-refractivity contribution is 0.919. The summed E-state index contributed by atoms with van der Waals surface area (Å²) in [6, 6.07) is 9.94. The average Bonchev–Trinajstić information content (AvgIpc) is 2.77. The third-order valence-corrected chi connectivity index (χ3v) is 2.82. The van der Waals surface area contributed by atoms with Crippen LogP contribution in [0, 0.1) is 6.92 Å². The average molecular weight is 227 g/mol. The van der Waals surface area contributed by atoms with Gasteiger partial charge in [-0.25, -0.2) is 4.99 Å². The maximum Gasteiger partial charge on any atom is 0.156 e. The fourth-order valence-electron chi connectivity index (χ4n) is 1.97. The molecule has 1 aromatic heterocycles. The number of rotatable bonds is 1. The number of H-pyrrole nitrogens is 1. The van der Waals surface area contributed by atoms with Crippen LogP contribution in [0.15, 0.2) is 35.3 Å². The highest BCUT2D eigenvalue weighted by molar-refractivity contribution is 6.04. The number of fused-ring (bicyclic) bond motifs is 1. The van der Waals surface area contributed by atoms with Gasteiger partial charge >= 0.3 is 0 Å². The predicted molar refractivity (Wildman–Crippen MR) is 67.5 cm³/mol. The summed E-state index contributed by atoms with van der Waals surface area (Å²) in [5.74, 6) is 1.45. The van der Waals surface area contributed by atoms with Crippen LogP contribution < -0.4 is 10.6 Å². The number of hydrogen-bond acceptors (Lipinski definition) is 4. The van der Waals surface area contributed by atoms with Gasteiger partial charge in [0.1, 0.15) is 12.5 Å². The molecule has 3 N–H and O–H groups in total. The summed E-state index contributed by atoms with van der Waals surface area (Å²) in [6.07, 6.45) is 0. The van der Waals surface area contributed by atoms with E-state index in [0.29, 0.717) is 12.5 Å². The molecule has 0 amide bonds. The van der Waals surface area contributed by atoms with Gasteiger partial charge < -0.3 is 10.6 Å². The molecule has 1 aliphatic heterocycles. The van der Waals surface area contributed by atoms with Crippen LogP contribution >= 0.6 is 0 Å². The topological polar surface area (TPSA) is 70.3 Å². The van der Waals surface area contributed by atoms with E-state index in [0.717, 1.165) is 22.8 Å². The van der Waals surface area contributed by atoms with Gasteiger partial charge in [0.05, 0.1) is 5.69 Å². The minimum atomic E-state index is 0.507. The van der Waals surface area contributed by atoms with Crippen LogP contribution in [0.5, 0.6) is 0 Å². The van der Waals surface area contributed by atoms with E-state index in [-0.39, 0.29) is 0 Å². The summed E-state index contributed by atoms with van der Waals surface area (Å²) in [5, 5.41) is 7.19. The van der Waals surface area contributed by atoms with Crippen molar-refractivity contribution in [1.82, 2.24) is 10.2 Å². The van der Waals surface area contributed by atoms with Crippen LogP contribution in [0.1, 0.15) is 11.3 Å². The van der Waals surface area contributed by atoms with Gasteiger partial charge in [-0.1, -0.05) is 12.1 Å². The Hall–Kier alpha value is -2.30. The molecular formula is C12H13N5. The lowest BCUT2D eigenvalue weighted by Crippen LogP contribution is -2.29. The highest BCUT2D eigenvalue weighted by Gasteiger charge is 2.20. The zero-order chi connectivity index (χ0) is 11.8. The summed E-state index contributed by atoms with van der Waals surface area (Å²) in [7, 11) is 0. The Labute approximate surface area is 99.0 Å². The second kappa shape index (κ2) is 3.62. The van der Waals surface area contributed by atoms with E-state index in [1.54, 1.807) is 0 Å². The smallest absolute Gasteiger partial charge is 0.156 e. The Balaban J connectivity index is 2.10. The van der Waals surface area contributed by atoms with Crippen molar-refractivity contribution in [2.45, 2.75) is 6.92 Å². The maximum atomic E-state index is 5.89. The lowest BCUT2D eigenvalue weighted by atomic mass is 10.1. The standard InChI is InChI=1S/C12H13N5/c1-8-6-11(16-15-8)17-7-14-12(13)9-4-2-3-5-10(9)17/h2-6H,7H2,1H3,(H2,13,14)(H,15,16). The van der Waals surface area contributed by atoms with E-state index >= 15 is 0 Å². The van der Waals surface area contributed by atoms with Gasteiger partial charge in [0.15, 0.2) is 5.82 Å². The molecule has 0 saturated carbocycles. The van der Waals surface area contributed by atoms with Gasteiger partial charge in [-0.05, 0) is 19.1 Å². The highest BCUT2D eigenvalue weighted by atomic mass is 15.3. The van der Waals surface area contributed by atoms with E-state index in [4.69, 9.17) is 5.73 Å². The second-order valence-electron chi connectivity index (χ2n) is 4.04. The van der Waals surface area contributed by atoms with Crippen molar-refractivity contribution >= 4 is 17.3 Å². The summed E-state index contributed by atoms with van der Waals surface area (Å²) in [4.78, 5) is 6.34. The summed E-state index contributed by atoms with van der Waals surface area (Å²) in [6.45, 7) is 2.48. The van der Waals surface area contributed by atoms with E-state index in [1.807, 2.05) is 42.2 Å². The molecule has 1 aliphatic rings. The number of aliphatic imine (C=N–C) groups is 1. The molecule has 5 nitrogen and oxygen atoms in total. The molecule has 0 fully saturated rings. The summed E-state index contributed by atoms with van der Waals surface area (Å²) >= 11 is 0. The molecule has 1 aromatic carbocycles. The number of aromatic amines is 1. The summed E-state index contributed by atoms with van der Waals surface area (Å²) < 4.78 is 0. The zero-order valence-electron chi connectivity index (χ0n) is 9.51. The first-order valence-electron chi connectivity index (χ1n) is 5.44. The molecule has 0 aliphatic carbocycles. The molecular weight excluding hydrogens is 214 g/mol. The number of para-hydroxylation sites is 1. The van der Waals surface area contributed by atoms with E-state index in [9.17, 15) is 0 Å². The summed E-state index contributed by atoms with van der Waals surface area (Å²) in [5.41, 5.74) is 8.92. The number of benzene rings is 1. The number of amidine groups is 1. The van der Waals surface area contributed by atoms with Gasteiger partial charge in [-0.2, -0.15) is 5.10 Å². The Morgan fingerprint density at radius 2 is 2.18 bits per heavy atom. The zero-order valence-corrected chi connectivity index (χ0v) is 9.51. The van der Waals surface area contributed by atoms with Crippen molar-refractivity contribution < 1.29 is 0 Å². The number of nitrogens with two attached hydrogens (primary N) is 1. The number of nitrogens with one attached hydrogen (secondary N) is 1. The predicted octanol–water partition coefficient (Wildman–Crippen LogP) is 1.53. The Morgan fingerprint density at radius 1 is 1.35 bits per heavy atom. The van der Waals surface area contributed by atoms with Crippen LogP contribution in [-0.4, -0.2) is 22.7 Å². The minimum Gasteiger partial charge on any atom is -0.383 e. The van der Waals surface area contributed by atoms with Crippen LogP contribution in [-0.2, 0) is 0 Å². The van der Waals surface area contributed by atoms with Crippen LogP contribution in [0.25, 0.3) is 0 Å². The normalized spacial score (nSPS) is 14.4. The number of nitrogens with zero attached hydrogens (tertiary/aromatic N) is 3. The Kier molecular flexibility index (Phi) is 2.11. The fourth-order valence-corrected chi connectivity index (χ4v) is 1.97. The molecule has 2 heterocycles. The van der Waals surface area contributed by atoms with E-state index < -0.39 is 0 Å². The second-order valence-corrected chi connectivity index (χ2v) is 4.04. The quantitative estimate of drug-likeness (QED) is 0.776. The highest BCUT2D eigenvalue weighted by Crippen LogP contribution is 2.29. The molecule has 5 heteroatoms. The van der Waals surface area contributed by atoms with E-state index in [2.05, 4.69) is 15.2 Å². The number of aryl methyl sites for hydroxylation is 1. The number of aromatic nitrogens is 2. The third kappa shape index (κ3) is 1.56. The molecule has 3 rings (SSSR count). The Bertz CT molecular complexity index is 584.